The number of nitrogens with one attached hydrogen (secondary N) is 1. The van der Waals surface area contributed by atoms with Crippen LogP contribution in [0.5, 0.6) is 0 Å². The number of hydrogen-bond acceptors (Lipinski definition) is 3. The van der Waals surface area contributed by atoms with E-state index in [4.69, 9.17) is 0 Å². The van der Waals surface area contributed by atoms with Gasteiger partial charge in [-0.05, 0) is 43.0 Å². The fourth-order valence-corrected chi connectivity index (χ4v) is 4.30. The van der Waals surface area contributed by atoms with E-state index in [2.05, 4.69) is 11.4 Å². The van der Waals surface area contributed by atoms with Crippen LogP contribution >= 0.6 is 0 Å². The maximum atomic E-state index is 12.3. The van der Waals surface area contributed by atoms with Crippen molar-refractivity contribution in [2.24, 2.45) is 0 Å². The van der Waals surface area contributed by atoms with Crippen molar-refractivity contribution < 1.29 is 13.2 Å². The predicted octanol–water partition coefficient (Wildman–Crippen LogP) is 2.96. The second kappa shape index (κ2) is 6.77. The van der Waals surface area contributed by atoms with E-state index in [1.165, 1.54) is 5.56 Å². The molecular formula is C19H21NO3S. The minimum atomic E-state index is -3.43. The Bertz CT molecular complexity index is 841. The van der Waals surface area contributed by atoms with Gasteiger partial charge in [-0.3, -0.25) is 4.79 Å². The molecule has 2 aromatic rings. The Morgan fingerprint density at radius 1 is 1.12 bits per heavy atom. The summed E-state index contributed by atoms with van der Waals surface area (Å²) in [6.07, 6.45) is 1.80. The molecule has 1 unspecified atom stereocenters. The van der Waals surface area contributed by atoms with Crippen molar-refractivity contribution in [1.29, 1.82) is 0 Å². The Morgan fingerprint density at radius 2 is 1.83 bits per heavy atom. The fourth-order valence-electron chi connectivity index (χ4n) is 3.06. The molecule has 0 bridgehead atoms. The second-order valence-electron chi connectivity index (χ2n) is 6.24. The van der Waals surface area contributed by atoms with Crippen LogP contribution in [0.2, 0.25) is 0 Å². The van der Waals surface area contributed by atoms with E-state index in [9.17, 15) is 13.2 Å². The minimum absolute atomic E-state index is 0.00391. The topological polar surface area (TPSA) is 63.2 Å². The SMILES string of the molecule is Cc1ccc(S(=O)(=O)CCC(=O)NC2CCc3ccccc32)cc1. The summed E-state index contributed by atoms with van der Waals surface area (Å²) in [5.41, 5.74) is 3.41. The molecule has 0 radical (unpaired) electrons. The number of carbonyl (C=O) groups excluding carboxylic acids is 1. The molecule has 0 aromatic heterocycles. The highest BCUT2D eigenvalue weighted by atomic mass is 32.2. The number of hydrogen-bond donors (Lipinski definition) is 1. The van der Waals surface area contributed by atoms with E-state index in [-0.39, 0.29) is 29.0 Å². The van der Waals surface area contributed by atoms with Gasteiger partial charge in [-0.15, -0.1) is 0 Å². The first-order chi connectivity index (χ1) is 11.5. The van der Waals surface area contributed by atoms with Crippen LogP contribution in [-0.2, 0) is 21.1 Å². The van der Waals surface area contributed by atoms with Crippen LogP contribution in [0.3, 0.4) is 0 Å². The average Bonchev–Trinajstić information content (AvgIpc) is 2.97. The molecular weight excluding hydrogens is 322 g/mol. The van der Waals surface area contributed by atoms with E-state index in [1.807, 2.05) is 25.1 Å². The molecule has 1 amide bonds. The fraction of sp³-hybridized carbons (Fsp3) is 0.316. The third kappa shape index (κ3) is 3.67. The van der Waals surface area contributed by atoms with E-state index >= 15 is 0 Å². The van der Waals surface area contributed by atoms with Crippen LogP contribution in [0.15, 0.2) is 53.4 Å². The monoisotopic (exact) mass is 343 g/mol. The van der Waals surface area contributed by atoms with Gasteiger partial charge >= 0.3 is 0 Å². The minimum Gasteiger partial charge on any atom is -0.349 e. The summed E-state index contributed by atoms with van der Waals surface area (Å²) in [7, 11) is -3.43. The molecule has 1 atom stereocenters. The molecule has 5 heteroatoms. The van der Waals surface area contributed by atoms with E-state index in [1.54, 1.807) is 24.3 Å². The number of rotatable bonds is 5. The second-order valence-corrected chi connectivity index (χ2v) is 8.35. The van der Waals surface area contributed by atoms with Crippen LogP contribution in [0.25, 0.3) is 0 Å². The van der Waals surface area contributed by atoms with Gasteiger partial charge in [0.25, 0.3) is 0 Å². The molecule has 1 aliphatic rings. The first kappa shape index (κ1) is 16.7. The van der Waals surface area contributed by atoms with Crippen molar-refractivity contribution in [3.05, 3.63) is 65.2 Å². The molecule has 1 aliphatic carbocycles. The highest BCUT2D eigenvalue weighted by Crippen LogP contribution is 2.30. The Morgan fingerprint density at radius 3 is 2.58 bits per heavy atom. The van der Waals surface area contributed by atoms with Gasteiger partial charge in [-0.25, -0.2) is 8.42 Å². The van der Waals surface area contributed by atoms with Crippen molar-refractivity contribution in [1.82, 2.24) is 5.32 Å². The quantitative estimate of drug-likeness (QED) is 0.908. The lowest BCUT2D eigenvalue weighted by Gasteiger charge is -2.14. The van der Waals surface area contributed by atoms with E-state index in [0.717, 1.165) is 24.0 Å². The van der Waals surface area contributed by atoms with Gasteiger partial charge in [0.2, 0.25) is 5.91 Å². The first-order valence-electron chi connectivity index (χ1n) is 8.12. The van der Waals surface area contributed by atoms with Gasteiger partial charge in [-0.1, -0.05) is 42.0 Å². The lowest BCUT2D eigenvalue weighted by Crippen LogP contribution is -2.28. The van der Waals surface area contributed by atoms with Crippen molar-refractivity contribution >= 4 is 15.7 Å². The molecule has 1 N–H and O–H groups in total. The largest absolute Gasteiger partial charge is 0.349 e. The molecule has 0 heterocycles. The summed E-state index contributed by atoms with van der Waals surface area (Å²) < 4.78 is 24.6. The Balaban J connectivity index is 1.59. The molecule has 3 rings (SSSR count). The number of sulfone groups is 1. The van der Waals surface area contributed by atoms with Gasteiger partial charge in [0, 0.05) is 6.42 Å². The smallest absolute Gasteiger partial charge is 0.221 e. The van der Waals surface area contributed by atoms with Gasteiger partial charge in [-0.2, -0.15) is 0 Å². The molecule has 0 spiro atoms. The van der Waals surface area contributed by atoms with Gasteiger partial charge in [0.15, 0.2) is 9.84 Å². The zero-order chi connectivity index (χ0) is 17.2. The molecule has 0 saturated carbocycles. The average molecular weight is 343 g/mol. The summed E-state index contributed by atoms with van der Waals surface area (Å²) >= 11 is 0. The van der Waals surface area contributed by atoms with Crippen LogP contribution in [0.4, 0.5) is 0 Å². The highest BCUT2D eigenvalue weighted by Gasteiger charge is 2.24. The third-order valence-corrected chi connectivity index (χ3v) is 6.18. The zero-order valence-electron chi connectivity index (χ0n) is 13.7. The van der Waals surface area contributed by atoms with Crippen LogP contribution in [0.1, 0.15) is 35.6 Å². The van der Waals surface area contributed by atoms with Gasteiger partial charge in [0.05, 0.1) is 16.7 Å². The number of benzene rings is 2. The predicted molar refractivity (Wildman–Crippen MR) is 93.5 cm³/mol. The summed E-state index contributed by atoms with van der Waals surface area (Å²) in [6, 6.07) is 14.8. The van der Waals surface area contributed by atoms with Crippen LogP contribution < -0.4 is 5.32 Å². The summed E-state index contributed by atoms with van der Waals surface area (Å²) in [5.74, 6) is -0.386. The maximum Gasteiger partial charge on any atom is 0.221 e. The number of aryl methyl sites for hydroxylation is 2. The summed E-state index contributed by atoms with van der Waals surface area (Å²) in [4.78, 5) is 12.4. The molecule has 0 saturated heterocycles. The summed E-state index contributed by atoms with van der Waals surface area (Å²) in [6.45, 7) is 1.91. The maximum absolute atomic E-state index is 12.3. The van der Waals surface area contributed by atoms with Crippen molar-refractivity contribution in [2.45, 2.75) is 37.1 Å². The van der Waals surface area contributed by atoms with Crippen LogP contribution in [0, 0.1) is 6.92 Å². The molecule has 126 valence electrons. The standard InChI is InChI=1S/C19H21NO3S/c1-14-6-9-16(10-7-14)24(22,23)13-12-19(21)20-18-11-8-15-4-2-3-5-17(15)18/h2-7,9-10,18H,8,11-13H2,1H3,(H,20,21). The number of amides is 1. The molecule has 4 nitrogen and oxygen atoms in total. The van der Waals surface area contributed by atoms with Crippen molar-refractivity contribution in [2.75, 3.05) is 5.75 Å². The van der Waals surface area contributed by atoms with E-state index < -0.39 is 9.84 Å². The molecule has 0 aliphatic heterocycles. The van der Waals surface area contributed by atoms with Gasteiger partial charge in [0.1, 0.15) is 0 Å². The Kier molecular flexibility index (Phi) is 4.71. The molecule has 24 heavy (non-hydrogen) atoms. The number of carbonyl (C=O) groups is 1. The number of fused-ring (bicyclic) bond motifs is 1. The molecule has 2 aromatic carbocycles. The zero-order valence-corrected chi connectivity index (χ0v) is 14.5. The summed E-state index contributed by atoms with van der Waals surface area (Å²) in [5, 5.41) is 2.96. The Labute approximate surface area is 142 Å². The first-order valence-corrected chi connectivity index (χ1v) is 9.77. The van der Waals surface area contributed by atoms with Crippen molar-refractivity contribution in [3.8, 4) is 0 Å². The lowest BCUT2D eigenvalue weighted by molar-refractivity contribution is -0.121. The highest BCUT2D eigenvalue weighted by molar-refractivity contribution is 7.91. The normalized spacial score (nSPS) is 16.6. The molecule has 0 fully saturated rings. The Hall–Kier alpha value is -2.14. The third-order valence-electron chi connectivity index (χ3n) is 4.45. The van der Waals surface area contributed by atoms with Crippen LogP contribution in [-0.4, -0.2) is 20.1 Å². The van der Waals surface area contributed by atoms with Gasteiger partial charge < -0.3 is 5.32 Å². The lowest BCUT2D eigenvalue weighted by atomic mass is 10.1. The van der Waals surface area contributed by atoms with Crippen molar-refractivity contribution in [3.63, 3.8) is 0 Å². The van der Waals surface area contributed by atoms with E-state index in [0.29, 0.717) is 0 Å².